The van der Waals surface area contributed by atoms with Crippen molar-refractivity contribution in [1.29, 1.82) is 0 Å². The highest BCUT2D eigenvalue weighted by Gasteiger charge is 2.34. The Balaban J connectivity index is 0.000000300. The minimum atomic E-state index is -4.37. The molecule has 150 valence electrons. The largest absolute Gasteiger partial charge is 0.478 e. The maximum absolute atomic E-state index is 13.0. The minimum absolute atomic E-state index is 0.127. The van der Waals surface area contributed by atoms with Gasteiger partial charge in [-0.2, -0.15) is 13.2 Å². The molecule has 1 unspecified atom stereocenters. The van der Waals surface area contributed by atoms with E-state index in [0.29, 0.717) is 17.7 Å². The number of alkyl halides is 3. The van der Waals surface area contributed by atoms with Gasteiger partial charge in [0.1, 0.15) is 5.58 Å². The summed E-state index contributed by atoms with van der Waals surface area (Å²) in [6.45, 7) is 3.59. The molecular weight excluding hydrogens is 379 g/mol. The molecule has 0 saturated carbocycles. The molecule has 9 heteroatoms. The van der Waals surface area contributed by atoms with E-state index in [0.717, 1.165) is 30.3 Å². The number of aliphatic carboxylic acids is 2. The van der Waals surface area contributed by atoms with E-state index in [2.05, 4.69) is 5.32 Å². The number of nitrogens with one attached hydrogen (secondary N) is 1. The van der Waals surface area contributed by atoms with Crippen LogP contribution in [0, 0.1) is 5.92 Å². The number of carboxylic acids is 2. The SMILES string of the molecule is CC1CNCC=C1c1ccc(C(F)(F)F)c2ccoc12.O=C(O)/C=C/C(=O)O. The summed E-state index contributed by atoms with van der Waals surface area (Å²) in [4.78, 5) is 19.1. The summed E-state index contributed by atoms with van der Waals surface area (Å²) in [5.74, 6) is -2.27. The van der Waals surface area contributed by atoms with Crippen LogP contribution in [0.2, 0.25) is 0 Å². The van der Waals surface area contributed by atoms with Crippen molar-refractivity contribution in [2.45, 2.75) is 13.1 Å². The van der Waals surface area contributed by atoms with E-state index >= 15 is 0 Å². The molecule has 2 heterocycles. The Hall–Kier alpha value is -3.07. The fraction of sp³-hybridized carbons (Fsp3) is 0.263. The number of carbonyl (C=O) groups is 2. The van der Waals surface area contributed by atoms with Crippen LogP contribution in [0.3, 0.4) is 0 Å². The predicted octanol–water partition coefficient (Wildman–Crippen LogP) is 3.79. The molecule has 1 aliphatic heterocycles. The predicted molar refractivity (Wildman–Crippen MR) is 95.6 cm³/mol. The Labute approximate surface area is 158 Å². The summed E-state index contributed by atoms with van der Waals surface area (Å²) in [5, 5.41) is 19.0. The van der Waals surface area contributed by atoms with Gasteiger partial charge in [0.15, 0.2) is 0 Å². The van der Waals surface area contributed by atoms with Crippen LogP contribution >= 0.6 is 0 Å². The van der Waals surface area contributed by atoms with Crippen molar-refractivity contribution in [2.75, 3.05) is 13.1 Å². The van der Waals surface area contributed by atoms with Gasteiger partial charge in [0, 0.05) is 36.2 Å². The van der Waals surface area contributed by atoms with E-state index in [1.807, 2.05) is 13.0 Å². The molecule has 0 saturated heterocycles. The van der Waals surface area contributed by atoms with Crippen LogP contribution < -0.4 is 5.32 Å². The smallest absolute Gasteiger partial charge is 0.417 e. The second-order valence-electron chi connectivity index (χ2n) is 6.05. The van der Waals surface area contributed by atoms with Gasteiger partial charge in [-0.05, 0) is 23.6 Å². The number of hydrogen-bond donors (Lipinski definition) is 3. The molecule has 0 amide bonds. The molecule has 3 N–H and O–H groups in total. The molecule has 0 bridgehead atoms. The van der Waals surface area contributed by atoms with Crippen molar-refractivity contribution < 1.29 is 37.4 Å². The van der Waals surface area contributed by atoms with Gasteiger partial charge in [-0.25, -0.2) is 9.59 Å². The second-order valence-corrected chi connectivity index (χ2v) is 6.05. The van der Waals surface area contributed by atoms with Crippen LogP contribution in [0.4, 0.5) is 13.2 Å². The van der Waals surface area contributed by atoms with Crippen LogP contribution in [0.25, 0.3) is 16.5 Å². The molecule has 6 nitrogen and oxygen atoms in total. The van der Waals surface area contributed by atoms with Crippen molar-refractivity contribution in [3.8, 4) is 0 Å². The van der Waals surface area contributed by atoms with E-state index < -0.39 is 23.7 Å². The summed E-state index contributed by atoms with van der Waals surface area (Å²) in [6, 6.07) is 4.04. The molecule has 1 atom stereocenters. The highest BCUT2D eigenvalue weighted by molar-refractivity contribution is 5.93. The van der Waals surface area contributed by atoms with E-state index in [9.17, 15) is 22.8 Å². The molecule has 1 aliphatic rings. The lowest BCUT2D eigenvalue weighted by Gasteiger charge is -2.22. The first-order valence-electron chi connectivity index (χ1n) is 8.23. The fourth-order valence-corrected chi connectivity index (χ4v) is 2.85. The molecule has 1 aromatic heterocycles. The summed E-state index contributed by atoms with van der Waals surface area (Å²) in [7, 11) is 0. The molecule has 3 rings (SSSR count). The van der Waals surface area contributed by atoms with E-state index in [-0.39, 0.29) is 11.3 Å². The Morgan fingerprint density at radius 2 is 1.82 bits per heavy atom. The van der Waals surface area contributed by atoms with Crippen molar-refractivity contribution in [3.05, 3.63) is 53.8 Å². The second kappa shape index (κ2) is 8.75. The van der Waals surface area contributed by atoms with E-state index in [1.54, 1.807) is 0 Å². The standard InChI is InChI=1S/C15H14F3NO.C4H4O4/c1-9-8-19-6-4-10(9)11-2-3-13(15(16,17)18)12-5-7-20-14(11)12;5-3(6)1-2-4(7)8/h2-5,7,9,19H,6,8H2,1H3;1-2H,(H,5,6)(H,7,8)/b;2-1+. The zero-order chi connectivity index (χ0) is 20.9. The lowest BCUT2D eigenvalue weighted by atomic mass is 9.89. The molecule has 0 radical (unpaired) electrons. The van der Waals surface area contributed by atoms with Crippen LogP contribution in [0.5, 0.6) is 0 Å². The molecule has 1 aromatic carbocycles. The third kappa shape index (κ3) is 5.23. The van der Waals surface area contributed by atoms with Crippen molar-refractivity contribution >= 4 is 28.5 Å². The zero-order valence-electron chi connectivity index (χ0n) is 14.8. The van der Waals surface area contributed by atoms with Gasteiger partial charge in [0.05, 0.1) is 11.8 Å². The monoisotopic (exact) mass is 397 g/mol. The molecule has 0 aliphatic carbocycles. The van der Waals surface area contributed by atoms with Crippen LogP contribution in [0.1, 0.15) is 18.1 Å². The summed E-state index contributed by atoms with van der Waals surface area (Å²) in [5.41, 5.74) is 1.47. The van der Waals surface area contributed by atoms with Gasteiger partial charge in [0.2, 0.25) is 0 Å². The third-order valence-electron chi connectivity index (χ3n) is 4.05. The number of halogens is 3. The summed E-state index contributed by atoms with van der Waals surface area (Å²) < 4.78 is 44.3. The quantitative estimate of drug-likeness (QED) is 0.682. The maximum atomic E-state index is 13.0. The first-order chi connectivity index (χ1) is 13.1. The number of hydrogen-bond acceptors (Lipinski definition) is 4. The number of fused-ring (bicyclic) bond motifs is 1. The zero-order valence-corrected chi connectivity index (χ0v) is 14.8. The molecule has 0 fully saturated rings. The minimum Gasteiger partial charge on any atom is -0.478 e. The summed E-state index contributed by atoms with van der Waals surface area (Å²) in [6.07, 6.45) is 0.0773. The first kappa shape index (κ1) is 21.2. The fourth-order valence-electron chi connectivity index (χ4n) is 2.85. The number of furan rings is 1. The molecular formula is C19H18F3NO5. The molecule has 0 spiro atoms. The molecule has 28 heavy (non-hydrogen) atoms. The van der Waals surface area contributed by atoms with Crippen molar-refractivity contribution in [2.24, 2.45) is 5.92 Å². The van der Waals surface area contributed by atoms with Gasteiger partial charge >= 0.3 is 18.1 Å². The number of rotatable bonds is 3. The first-order valence-corrected chi connectivity index (χ1v) is 8.23. The Morgan fingerprint density at radius 3 is 2.36 bits per heavy atom. The van der Waals surface area contributed by atoms with Gasteiger partial charge in [-0.3, -0.25) is 0 Å². The average Bonchev–Trinajstić information content (AvgIpc) is 3.09. The van der Waals surface area contributed by atoms with Crippen molar-refractivity contribution in [3.63, 3.8) is 0 Å². The molecule has 2 aromatic rings. The third-order valence-corrected chi connectivity index (χ3v) is 4.05. The number of benzene rings is 1. The topological polar surface area (TPSA) is 99.8 Å². The average molecular weight is 397 g/mol. The van der Waals surface area contributed by atoms with Gasteiger partial charge in [-0.15, -0.1) is 0 Å². The Kier molecular flexibility index (Phi) is 6.63. The Bertz CT molecular complexity index is 911. The lowest BCUT2D eigenvalue weighted by molar-refractivity contribution is -0.136. The highest BCUT2D eigenvalue weighted by Crippen LogP contribution is 2.39. The van der Waals surface area contributed by atoms with Crippen LogP contribution in [-0.2, 0) is 15.8 Å². The van der Waals surface area contributed by atoms with Gasteiger partial charge < -0.3 is 19.9 Å². The van der Waals surface area contributed by atoms with Gasteiger partial charge in [0.25, 0.3) is 0 Å². The highest BCUT2D eigenvalue weighted by atomic mass is 19.4. The maximum Gasteiger partial charge on any atom is 0.417 e. The van der Waals surface area contributed by atoms with Gasteiger partial charge in [-0.1, -0.05) is 19.1 Å². The summed E-state index contributed by atoms with van der Waals surface area (Å²) >= 11 is 0. The van der Waals surface area contributed by atoms with E-state index in [4.69, 9.17) is 14.6 Å². The Morgan fingerprint density at radius 1 is 1.18 bits per heavy atom. The normalized spacial score (nSPS) is 17.1. The van der Waals surface area contributed by atoms with Crippen LogP contribution in [-0.4, -0.2) is 35.2 Å². The van der Waals surface area contributed by atoms with E-state index in [1.165, 1.54) is 18.4 Å². The van der Waals surface area contributed by atoms with Crippen LogP contribution in [0.15, 0.2) is 47.1 Å². The number of carboxylic acid groups (broad SMARTS) is 2. The van der Waals surface area contributed by atoms with Crippen molar-refractivity contribution in [1.82, 2.24) is 5.32 Å². The lowest BCUT2D eigenvalue weighted by Crippen LogP contribution is -2.27.